The van der Waals surface area contributed by atoms with Gasteiger partial charge in [-0.15, -0.1) is 0 Å². The van der Waals surface area contributed by atoms with Crippen molar-refractivity contribution in [2.45, 2.75) is 29.9 Å². The second-order valence-electron chi connectivity index (χ2n) is 5.29. The van der Waals surface area contributed by atoms with Crippen LogP contribution in [0.1, 0.15) is 30.1 Å². The van der Waals surface area contributed by atoms with Crippen LogP contribution in [0.2, 0.25) is 0 Å². The monoisotopic (exact) mass is 530 g/mol. The smallest absolute Gasteiger partial charge is 0.258 e. The molecule has 0 radical (unpaired) electrons. The third-order valence-corrected chi connectivity index (χ3v) is 5.46. The summed E-state index contributed by atoms with van der Waals surface area (Å²) >= 11 is 4.49. The molecule has 1 amide bonds. The minimum Gasteiger partial charge on any atom is -0.507 e. The fourth-order valence-corrected chi connectivity index (χ4v) is 4.21. The molecule has 0 aliphatic carbocycles. The molecule has 0 saturated carbocycles. The number of carbonyl (C=O) groups excluding carboxylic acids is 1. The maximum Gasteiger partial charge on any atom is 0.258 e. The summed E-state index contributed by atoms with van der Waals surface area (Å²) in [5, 5.41) is 12.9. The van der Waals surface area contributed by atoms with Crippen LogP contribution in [0.5, 0.6) is 11.5 Å². The number of benzene rings is 1. The second-order valence-corrected chi connectivity index (χ2v) is 8.26. The van der Waals surface area contributed by atoms with Crippen molar-refractivity contribution in [3.05, 3.63) is 21.3 Å². The van der Waals surface area contributed by atoms with Crippen LogP contribution in [-0.4, -0.2) is 46.2 Å². The zero-order valence-electron chi connectivity index (χ0n) is 12.6. The highest BCUT2D eigenvalue weighted by molar-refractivity contribution is 14.1. The number of amides is 1. The van der Waals surface area contributed by atoms with Crippen molar-refractivity contribution in [3.63, 3.8) is 0 Å². The average Bonchev–Trinajstić information content (AvgIpc) is 2.95. The van der Waals surface area contributed by atoms with E-state index in [9.17, 15) is 9.90 Å². The van der Waals surface area contributed by atoms with Gasteiger partial charge in [-0.1, -0.05) is 22.6 Å². The lowest BCUT2D eigenvalue weighted by Gasteiger charge is -2.27. The average molecular weight is 530 g/mol. The summed E-state index contributed by atoms with van der Waals surface area (Å²) in [5.41, 5.74) is 0.210. The molecule has 1 saturated heterocycles. The van der Waals surface area contributed by atoms with Crippen LogP contribution < -0.4 is 10.1 Å². The molecule has 2 atom stereocenters. The number of phenolic OH excluding ortho intramolecular Hbond substituents is 1. The molecule has 2 unspecified atom stereocenters. The predicted molar refractivity (Wildman–Crippen MR) is 103 cm³/mol. The van der Waals surface area contributed by atoms with Gasteiger partial charge in [-0.3, -0.25) is 9.69 Å². The molecule has 22 heavy (non-hydrogen) atoms. The Labute approximate surface area is 158 Å². The van der Waals surface area contributed by atoms with Gasteiger partial charge in [-0.25, -0.2) is 0 Å². The van der Waals surface area contributed by atoms with Gasteiger partial charge in [0, 0.05) is 12.6 Å². The van der Waals surface area contributed by atoms with Crippen LogP contribution in [0, 0.1) is 3.57 Å². The summed E-state index contributed by atoms with van der Waals surface area (Å²) < 4.78 is 6.51. The van der Waals surface area contributed by atoms with Crippen molar-refractivity contribution >= 4 is 51.1 Å². The van der Waals surface area contributed by atoms with E-state index >= 15 is 0 Å². The van der Waals surface area contributed by atoms with Crippen LogP contribution >= 0.6 is 45.2 Å². The topological polar surface area (TPSA) is 61.8 Å². The Morgan fingerprint density at radius 3 is 2.95 bits per heavy atom. The van der Waals surface area contributed by atoms with E-state index < -0.39 is 0 Å². The van der Waals surface area contributed by atoms with E-state index in [0.29, 0.717) is 22.4 Å². The number of hydrogen-bond acceptors (Lipinski definition) is 4. The Kier molecular flexibility index (Phi) is 6.57. The van der Waals surface area contributed by atoms with Gasteiger partial charge in [0.25, 0.3) is 5.91 Å². The summed E-state index contributed by atoms with van der Waals surface area (Å²) in [6.45, 7) is 3.82. The summed E-state index contributed by atoms with van der Waals surface area (Å²) in [5.74, 6) is 0.0739. The number of aromatic hydroxyl groups is 1. The molecule has 7 heteroatoms. The minimum absolute atomic E-state index is 0.0553. The van der Waals surface area contributed by atoms with E-state index in [1.54, 1.807) is 6.07 Å². The lowest BCUT2D eigenvalue weighted by Crippen LogP contribution is -2.42. The van der Waals surface area contributed by atoms with Crippen LogP contribution in [-0.2, 0) is 0 Å². The third-order valence-electron chi connectivity index (χ3n) is 3.90. The van der Waals surface area contributed by atoms with Gasteiger partial charge < -0.3 is 15.2 Å². The molecular formula is C15H20I2N2O3. The van der Waals surface area contributed by atoms with E-state index in [2.05, 4.69) is 62.3 Å². The number of likely N-dealkylation sites (tertiary alicyclic amines) is 1. The van der Waals surface area contributed by atoms with E-state index in [1.165, 1.54) is 13.2 Å². The van der Waals surface area contributed by atoms with E-state index in [0.717, 1.165) is 23.0 Å². The number of hydrogen-bond donors (Lipinski definition) is 2. The summed E-state index contributed by atoms with van der Waals surface area (Å²) in [4.78, 5) is 14.9. The summed E-state index contributed by atoms with van der Waals surface area (Å²) in [6.07, 6.45) is 2.24. The maximum absolute atomic E-state index is 12.5. The van der Waals surface area contributed by atoms with Gasteiger partial charge in [-0.2, -0.15) is 0 Å². The van der Waals surface area contributed by atoms with Gasteiger partial charge in [0.05, 0.1) is 14.7 Å². The van der Waals surface area contributed by atoms with Gasteiger partial charge in [-0.05, 0) is 61.0 Å². The molecule has 2 N–H and O–H groups in total. The minimum atomic E-state index is -0.291. The number of alkyl halides is 1. The molecular weight excluding hydrogens is 510 g/mol. The molecule has 1 fully saturated rings. The lowest BCUT2D eigenvalue weighted by molar-refractivity contribution is 0.0934. The molecule has 2 rings (SSSR count). The normalized spacial score (nSPS) is 19.9. The van der Waals surface area contributed by atoms with Crippen molar-refractivity contribution in [2.75, 3.05) is 20.2 Å². The number of nitrogens with one attached hydrogen (secondary N) is 1. The zero-order chi connectivity index (χ0) is 16.3. The highest BCUT2D eigenvalue weighted by atomic mass is 127. The Balaban J connectivity index is 2.09. The Morgan fingerprint density at radius 2 is 2.32 bits per heavy atom. The molecule has 1 aliphatic rings. The van der Waals surface area contributed by atoms with E-state index in [4.69, 9.17) is 4.74 Å². The number of rotatable bonds is 5. The number of methoxy groups -OCH3 is 1. The molecule has 0 bridgehead atoms. The van der Waals surface area contributed by atoms with Crippen LogP contribution in [0.25, 0.3) is 0 Å². The van der Waals surface area contributed by atoms with Crippen molar-refractivity contribution in [1.29, 1.82) is 0 Å². The van der Waals surface area contributed by atoms with Crippen LogP contribution in [0.15, 0.2) is 12.1 Å². The van der Waals surface area contributed by atoms with Gasteiger partial charge in [0.2, 0.25) is 0 Å². The van der Waals surface area contributed by atoms with Crippen molar-refractivity contribution in [1.82, 2.24) is 10.2 Å². The summed E-state index contributed by atoms with van der Waals surface area (Å²) in [7, 11) is 1.50. The Morgan fingerprint density at radius 1 is 1.59 bits per heavy atom. The number of nitrogens with zero attached hydrogens (tertiary/aromatic N) is 1. The molecule has 1 aliphatic heterocycles. The number of phenols is 1. The highest BCUT2D eigenvalue weighted by Gasteiger charge is 2.28. The first-order chi connectivity index (χ1) is 10.5. The van der Waals surface area contributed by atoms with Gasteiger partial charge >= 0.3 is 0 Å². The standard InChI is InChI=1S/C15H20I2N2O3/c1-9(16)19-7-3-4-10(19)8-18-15(21)13-12(20)6-5-11(17)14(13)22-2/h5-6,9-10,20H,3-4,7-8H2,1-2H3,(H,18,21). The molecule has 1 heterocycles. The maximum atomic E-state index is 12.5. The first-order valence-electron chi connectivity index (χ1n) is 7.19. The van der Waals surface area contributed by atoms with Gasteiger partial charge in [0.15, 0.2) is 0 Å². The van der Waals surface area contributed by atoms with Gasteiger partial charge in [0.1, 0.15) is 17.1 Å². The van der Waals surface area contributed by atoms with Crippen molar-refractivity contribution in [3.8, 4) is 11.5 Å². The molecule has 0 spiro atoms. The first kappa shape index (κ1) is 18.1. The first-order valence-corrected chi connectivity index (χ1v) is 9.51. The number of halogens is 2. The molecule has 1 aromatic carbocycles. The fourth-order valence-electron chi connectivity index (χ4n) is 2.81. The van der Waals surface area contributed by atoms with Crippen molar-refractivity contribution < 1.29 is 14.6 Å². The van der Waals surface area contributed by atoms with Crippen LogP contribution in [0.3, 0.4) is 0 Å². The number of ether oxygens (including phenoxy) is 1. The van der Waals surface area contributed by atoms with E-state index in [-0.39, 0.29) is 17.2 Å². The molecule has 1 aromatic rings. The quantitative estimate of drug-likeness (QED) is 0.350. The molecule has 0 aromatic heterocycles. The SMILES string of the molecule is COc1c(I)ccc(O)c1C(=O)NCC1CCCN1C(C)I. The summed E-state index contributed by atoms with van der Waals surface area (Å²) in [6, 6.07) is 3.60. The predicted octanol–water partition coefficient (Wildman–Crippen LogP) is 2.98. The number of carbonyl (C=O) groups is 1. The zero-order valence-corrected chi connectivity index (χ0v) is 16.9. The molecule has 5 nitrogen and oxygen atoms in total. The lowest BCUT2D eigenvalue weighted by atomic mass is 10.1. The largest absolute Gasteiger partial charge is 0.507 e. The second kappa shape index (κ2) is 8.00. The van der Waals surface area contributed by atoms with Crippen LogP contribution in [0.4, 0.5) is 0 Å². The highest BCUT2D eigenvalue weighted by Crippen LogP contribution is 2.32. The molecule has 122 valence electrons. The van der Waals surface area contributed by atoms with Crippen molar-refractivity contribution in [2.24, 2.45) is 0 Å². The Hall–Kier alpha value is -0.290. The third kappa shape index (κ3) is 3.97. The fraction of sp³-hybridized carbons (Fsp3) is 0.533. The van der Waals surface area contributed by atoms with E-state index in [1.807, 2.05) is 0 Å². The Bertz CT molecular complexity index is 552.